The largest absolute Gasteiger partial charge is 0.378 e. The normalized spacial score (nSPS) is 20.7. The molecule has 0 radical (unpaired) electrons. The van der Waals surface area contributed by atoms with E-state index in [2.05, 4.69) is 25.8 Å². The first-order valence-corrected chi connectivity index (χ1v) is 7.26. The Labute approximate surface area is 114 Å². The molecule has 0 aliphatic carbocycles. The van der Waals surface area contributed by atoms with Crippen molar-refractivity contribution in [2.45, 2.75) is 26.2 Å². The fraction of sp³-hybridized carbons (Fsp3) is 0.714. The Morgan fingerprint density at radius 2 is 1.47 bits per heavy atom. The highest BCUT2D eigenvalue weighted by Gasteiger charge is 2.17. The second-order valence-corrected chi connectivity index (χ2v) is 5.28. The van der Waals surface area contributed by atoms with E-state index in [0.29, 0.717) is 0 Å². The molecule has 5 nitrogen and oxygen atoms in total. The van der Waals surface area contributed by atoms with E-state index >= 15 is 0 Å². The van der Waals surface area contributed by atoms with Crippen molar-refractivity contribution in [2.24, 2.45) is 0 Å². The molecule has 0 N–H and O–H groups in total. The molecule has 2 fully saturated rings. The number of aryl methyl sites for hydroxylation is 1. The quantitative estimate of drug-likeness (QED) is 0.810. The summed E-state index contributed by atoms with van der Waals surface area (Å²) in [5.74, 6) is 3.01. The van der Waals surface area contributed by atoms with E-state index < -0.39 is 0 Å². The zero-order valence-electron chi connectivity index (χ0n) is 11.6. The highest BCUT2D eigenvalue weighted by molar-refractivity contribution is 5.51. The summed E-state index contributed by atoms with van der Waals surface area (Å²) >= 11 is 0. The number of hydrogen-bond donors (Lipinski definition) is 0. The van der Waals surface area contributed by atoms with Crippen LogP contribution in [-0.2, 0) is 4.74 Å². The average molecular weight is 262 g/mol. The zero-order chi connectivity index (χ0) is 13.1. The van der Waals surface area contributed by atoms with Crippen LogP contribution < -0.4 is 9.80 Å². The van der Waals surface area contributed by atoms with E-state index in [-0.39, 0.29) is 0 Å². The summed E-state index contributed by atoms with van der Waals surface area (Å²) in [6.45, 7) is 7.67. The molecule has 0 saturated carbocycles. The summed E-state index contributed by atoms with van der Waals surface area (Å²) in [6.07, 6.45) is 3.89. The zero-order valence-corrected chi connectivity index (χ0v) is 11.6. The Kier molecular flexibility index (Phi) is 3.82. The minimum atomic E-state index is 0.794. The van der Waals surface area contributed by atoms with Gasteiger partial charge in [-0.1, -0.05) is 0 Å². The molecule has 5 heteroatoms. The van der Waals surface area contributed by atoms with Crippen LogP contribution in [-0.4, -0.2) is 49.4 Å². The second kappa shape index (κ2) is 5.74. The van der Waals surface area contributed by atoms with Crippen LogP contribution in [0.15, 0.2) is 6.07 Å². The summed E-state index contributed by atoms with van der Waals surface area (Å²) in [7, 11) is 0. The molecule has 104 valence electrons. The van der Waals surface area contributed by atoms with Crippen molar-refractivity contribution in [1.29, 1.82) is 0 Å². The van der Waals surface area contributed by atoms with E-state index in [1.165, 1.54) is 19.3 Å². The molecule has 2 aliphatic heterocycles. The molecule has 2 saturated heterocycles. The van der Waals surface area contributed by atoms with Gasteiger partial charge in [0.15, 0.2) is 0 Å². The third-order valence-corrected chi connectivity index (χ3v) is 3.83. The molecule has 0 amide bonds. The van der Waals surface area contributed by atoms with Gasteiger partial charge in [0.25, 0.3) is 0 Å². The van der Waals surface area contributed by atoms with Gasteiger partial charge >= 0.3 is 0 Å². The third kappa shape index (κ3) is 2.97. The van der Waals surface area contributed by atoms with E-state index in [1.807, 2.05) is 6.92 Å². The predicted octanol–water partition coefficient (Wildman–Crippen LogP) is 1.61. The maximum absolute atomic E-state index is 5.40. The monoisotopic (exact) mass is 262 g/mol. The smallest absolute Gasteiger partial charge is 0.134 e. The first kappa shape index (κ1) is 12.7. The Morgan fingerprint density at radius 3 is 2.11 bits per heavy atom. The molecule has 1 aromatic heterocycles. The summed E-state index contributed by atoms with van der Waals surface area (Å²) in [5.41, 5.74) is 0. The van der Waals surface area contributed by atoms with Gasteiger partial charge in [-0.3, -0.25) is 0 Å². The summed E-state index contributed by atoms with van der Waals surface area (Å²) < 4.78 is 5.40. The first-order valence-electron chi connectivity index (χ1n) is 7.26. The molecule has 0 atom stereocenters. The Balaban J connectivity index is 1.82. The van der Waals surface area contributed by atoms with Crippen LogP contribution in [0.3, 0.4) is 0 Å². The lowest BCUT2D eigenvalue weighted by molar-refractivity contribution is 0.122. The molecule has 1 aromatic rings. The lowest BCUT2D eigenvalue weighted by Crippen LogP contribution is -2.37. The number of piperidine rings is 1. The van der Waals surface area contributed by atoms with Gasteiger partial charge in [0.2, 0.25) is 0 Å². The van der Waals surface area contributed by atoms with Crippen LogP contribution in [0, 0.1) is 6.92 Å². The Morgan fingerprint density at radius 1 is 0.895 bits per heavy atom. The van der Waals surface area contributed by atoms with Crippen LogP contribution >= 0.6 is 0 Å². The van der Waals surface area contributed by atoms with Crippen LogP contribution in [0.4, 0.5) is 11.6 Å². The minimum absolute atomic E-state index is 0.794. The second-order valence-electron chi connectivity index (χ2n) is 5.28. The minimum Gasteiger partial charge on any atom is -0.378 e. The Hall–Kier alpha value is -1.36. The van der Waals surface area contributed by atoms with Crippen molar-refractivity contribution in [3.05, 3.63) is 11.9 Å². The van der Waals surface area contributed by atoms with Crippen molar-refractivity contribution in [3.8, 4) is 0 Å². The van der Waals surface area contributed by atoms with Gasteiger partial charge in [-0.15, -0.1) is 0 Å². The van der Waals surface area contributed by atoms with Crippen LogP contribution in [0.25, 0.3) is 0 Å². The number of morpholine rings is 1. The van der Waals surface area contributed by atoms with Crippen molar-refractivity contribution in [3.63, 3.8) is 0 Å². The number of ether oxygens (including phenoxy) is 1. The maximum atomic E-state index is 5.40. The number of anilines is 2. The topological polar surface area (TPSA) is 41.5 Å². The summed E-state index contributed by atoms with van der Waals surface area (Å²) in [4.78, 5) is 13.9. The van der Waals surface area contributed by atoms with Gasteiger partial charge in [-0.2, -0.15) is 0 Å². The number of aromatic nitrogens is 2. The third-order valence-electron chi connectivity index (χ3n) is 3.83. The molecule has 2 aliphatic rings. The summed E-state index contributed by atoms with van der Waals surface area (Å²) in [5, 5.41) is 0. The van der Waals surface area contributed by atoms with E-state index in [9.17, 15) is 0 Å². The predicted molar refractivity (Wildman–Crippen MR) is 75.9 cm³/mol. The fourth-order valence-electron chi connectivity index (χ4n) is 2.78. The first-order chi connectivity index (χ1) is 9.33. The van der Waals surface area contributed by atoms with Crippen molar-refractivity contribution in [2.75, 3.05) is 49.2 Å². The van der Waals surface area contributed by atoms with Crippen molar-refractivity contribution in [1.82, 2.24) is 9.97 Å². The van der Waals surface area contributed by atoms with Crippen LogP contribution in [0.2, 0.25) is 0 Å². The van der Waals surface area contributed by atoms with Gasteiger partial charge in [-0.25, -0.2) is 9.97 Å². The highest BCUT2D eigenvalue weighted by atomic mass is 16.5. The van der Waals surface area contributed by atoms with Crippen LogP contribution in [0.1, 0.15) is 25.1 Å². The molecule has 3 heterocycles. The molecule has 0 spiro atoms. The molecule has 0 aromatic carbocycles. The number of rotatable bonds is 2. The fourth-order valence-corrected chi connectivity index (χ4v) is 2.78. The molecule has 19 heavy (non-hydrogen) atoms. The molecule has 0 bridgehead atoms. The maximum Gasteiger partial charge on any atom is 0.134 e. The van der Waals surface area contributed by atoms with Crippen LogP contribution in [0.5, 0.6) is 0 Å². The number of nitrogens with zero attached hydrogens (tertiary/aromatic N) is 4. The molecule has 0 unspecified atom stereocenters. The molecule has 3 rings (SSSR count). The van der Waals surface area contributed by atoms with Gasteiger partial charge in [0.05, 0.1) is 13.2 Å². The van der Waals surface area contributed by atoms with E-state index in [1.54, 1.807) is 0 Å². The lowest BCUT2D eigenvalue weighted by atomic mass is 10.1. The number of hydrogen-bond acceptors (Lipinski definition) is 5. The van der Waals surface area contributed by atoms with Crippen molar-refractivity contribution < 1.29 is 4.74 Å². The molecular weight excluding hydrogens is 240 g/mol. The Bertz CT molecular complexity index is 389. The van der Waals surface area contributed by atoms with Crippen molar-refractivity contribution >= 4 is 11.6 Å². The van der Waals surface area contributed by atoms with E-state index in [0.717, 1.165) is 56.9 Å². The lowest BCUT2D eigenvalue weighted by Gasteiger charge is -2.31. The van der Waals surface area contributed by atoms with Gasteiger partial charge < -0.3 is 14.5 Å². The summed E-state index contributed by atoms with van der Waals surface area (Å²) in [6, 6.07) is 2.14. The highest BCUT2D eigenvalue weighted by Crippen LogP contribution is 2.22. The standard InChI is InChI=1S/C14H22N4O/c1-12-15-13(17-5-3-2-4-6-17)11-14(16-12)18-7-9-19-10-8-18/h11H,2-10H2,1H3. The van der Waals surface area contributed by atoms with Gasteiger partial charge in [-0.05, 0) is 26.2 Å². The SMILES string of the molecule is Cc1nc(N2CCCCC2)cc(N2CCOCC2)n1. The average Bonchev–Trinajstić information content (AvgIpc) is 2.48. The van der Waals surface area contributed by atoms with E-state index in [4.69, 9.17) is 4.74 Å². The molecular formula is C14H22N4O. The van der Waals surface area contributed by atoms with Gasteiger partial charge in [0.1, 0.15) is 17.5 Å². The van der Waals surface area contributed by atoms with Gasteiger partial charge in [0, 0.05) is 32.2 Å².